The maximum atomic E-state index is 5.04. The second-order valence-corrected chi connectivity index (χ2v) is 2.91. The van der Waals surface area contributed by atoms with E-state index in [9.17, 15) is 0 Å². The molecule has 1 aromatic rings. The van der Waals surface area contributed by atoms with E-state index >= 15 is 0 Å². The maximum Gasteiger partial charge on any atom is 0.213 e. The minimum absolute atomic E-state index is 0.706. The molecule has 1 aromatic heterocycles. The van der Waals surface area contributed by atoms with Gasteiger partial charge in [-0.25, -0.2) is 4.98 Å². The predicted molar refractivity (Wildman–Crippen MR) is 47.6 cm³/mol. The lowest BCUT2D eigenvalue weighted by Gasteiger charge is -2.17. The summed E-state index contributed by atoms with van der Waals surface area (Å²) in [5.74, 6) is 0.706. The minimum atomic E-state index is 0.706. The van der Waals surface area contributed by atoms with Gasteiger partial charge in [0, 0.05) is 12.6 Å². The van der Waals surface area contributed by atoms with Crippen LogP contribution in [0.2, 0.25) is 0 Å². The standard InChI is InChI=1S/C9H12N2O/c1-12-9-5-7-3-2-4-10-8(7)6-11-9/h5-6,10H,2-4H2,1H3. The second kappa shape index (κ2) is 3.01. The molecule has 2 heterocycles. The van der Waals surface area contributed by atoms with E-state index in [1.807, 2.05) is 12.3 Å². The average Bonchev–Trinajstić information content (AvgIpc) is 2.17. The third-order valence-electron chi connectivity index (χ3n) is 2.11. The van der Waals surface area contributed by atoms with E-state index in [4.69, 9.17) is 4.74 Å². The molecule has 64 valence electrons. The number of hydrogen-bond acceptors (Lipinski definition) is 3. The van der Waals surface area contributed by atoms with Crippen molar-refractivity contribution in [3.63, 3.8) is 0 Å². The number of pyridine rings is 1. The zero-order valence-electron chi connectivity index (χ0n) is 7.13. The Morgan fingerprint density at radius 1 is 1.58 bits per heavy atom. The normalized spacial score (nSPS) is 14.8. The van der Waals surface area contributed by atoms with Gasteiger partial charge in [-0.1, -0.05) is 0 Å². The van der Waals surface area contributed by atoms with Crippen LogP contribution in [0.5, 0.6) is 5.88 Å². The summed E-state index contributed by atoms with van der Waals surface area (Å²) in [6.07, 6.45) is 4.16. The lowest BCUT2D eigenvalue weighted by Crippen LogP contribution is -2.12. The summed E-state index contributed by atoms with van der Waals surface area (Å²) in [5, 5.41) is 3.30. The van der Waals surface area contributed by atoms with Gasteiger partial charge in [-0.3, -0.25) is 0 Å². The van der Waals surface area contributed by atoms with Gasteiger partial charge >= 0.3 is 0 Å². The minimum Gasteiger partial charge on any atom is -0.481 e. The first-order valence-corrected chi connectivity index (χ1v) is 4.17. The number of rotatable bonds is 1. The van der Waals surface area contributed by atoms with E-state index in [-0.39, 0.29) is 0 Å². The van der Waals surface area contributed by atoms with E-state index in [2.05, 4.69) is 10.3 Å². The zero-order valence-corrected chi connectivity index (χ0v) is 7.13. The van der Waals surface area contributed by atoms with E-state index in [1.165, 1.54) is 12.0 Å². The van der Waals surface area contributed by atoms with Gasteiger partial charge in [-0.05, 0) is 18.4 Å². The molecule has 2 rings (SSSR count). The number of aromatic nitrogens is 1. The Morgan fingerprint density at radius 3 is 3.33 bits per heavy atom. The summed E-state index contributed by atoms with van der Waals surface area (Å²) in [6.45, 7) is 1.06. The fourth-order valence-corrected chi connectivity index (χ4v) is 1.45. The zero-order chi connectivity index (χ0) is 8.39. The Morgan fingerprint density at radius 2 is 2.50 bits per heavy atom. The molecule has 0 radical (unpaired) electrons. The van der Waals surface area contributed by atoms with Crippen molar-refractivity contribution in [3.8, 4) is 5.88 Å². The third-order valence-corrected chi connectivity index (χ3v) is 2.11. The van der Waals surface area contributed by atoms with Gasteiger partial charge in [-0.2, -0.15) is 0 Å². The number of nitrogens with one attached hydrogen (secondary N) is 1. The van der Waals surface area contributed by atoms with Gasteiger partial charge in [0.2, 0.25) is 5.88 Å². The van der Waals surface area contributed by atoms with Gasteiger partial charge < -0.3 is 10.1 Å². The van der Waals surface area contributed by atoms with Gasteiger partial charge in [0.25, 0.3) is 0 Å². The van der Waals surface area contributed by atoms with Crippen LogP contribution in [0.4, 0.5) is 5.69 Å². The molecule has 0 amide bonds. The average molecular weight is 164 g/mol. The lowest BCUT2D eigenvalue weighted by atomic mass is 10.1. The molecule has 1 N–H and O–H groups in total. The number of fused-ring (bicyclic) bond motifs is 1. The molecule has 0 unspecified atom stereocenters. The molecular formula is C9H12N2O. The van der Waals surface area contributed by atoms with Crippen molar-refractivity contribution in [2.24, 2.45) is 0 Å². The van der Waals surface area contributed by atoms with Crippen molar-refractivity contribution in [2.45, 2.75) is 12.8 Å². The van der Waals surface area contributed by atoms with Crippen molar-refractivity contribution >= 4 is 5.69 Å². The Labute approximate surface area is 71.8 Å². The first-order valence-electron chi connectivity index (χ1n) is 4.17. The van der Waals surface area contributed by atoms with Crippen molar-refractivity contribution in [1.29, 1.82) is 0 Å². The first-order chi connectivity index (χ1) is 5.90. The van der Waals surface area contributed by atoms with Crippen molar-refractivity contribution in [2.75, 3.05) is 19.0 Å². The van der Waals surface area contributed by atoms with Crippen LogP contribution in [0.1, 0.15) is 12.0 Å². The van der Waals surface area contributed by atoms with Gasteiger partial charge in [0.15, 0.2) is 0 Å². The molecule has 3 heteroatoms. The first kappa shape index (κ1) is 7.40. The fourth-order valence-electron chi connectivity index (χ4n) is 1.45. The van der Waals surface area contributed by atoms with E-state index < -0.39 is 0 Å². The summed E-state index contributed by atoms with van der Waals surface area (Å²) in [5.41, 5.74) is 2.47. The summed E-state index contributed by atoms with van der Waals surface area (Å²) >= 11 is 0. The van der Waals surface area contributed by atoms with Crippen LogP contribution in [0.25, 0.3) is 0 Å². The number of ether oxygens (including phenoxy) is 1. The highest BCUT2D eigenvalue weighted by Crippen LogP contribution is 2.23. The molecule has 12 heavy (non-hydrogen) atoms. The van der Waals surface area contributed by atoms with Crippen LogP contribution >= 0.6 is 0 Å². The molecule has 0 fully saturated rings. The van der Waals surface area contributed by atoms with E-state index in [1.54, 1.807) is 7.11 Å². The van der Waals surface area contributed by atoms with Crippen LogP contribution in [-0.4, -0.2) is 18.6 Å². The van der Waals surface area contributed by atoms with E-state index in [0.29, 0.717) is 5.88 Å². The van der Waals surface area contributed by atoms with Gasteiger partial charge in [0.1, 0.15) is 0 Å². The van der Waals surface area contributed by atoms with Crippen LogP contribution in [0.3, 0.4) is 0 Å². The van der Waals surface area contributed by atoms with Gasteiger partial charge in [0.05, 0.1) is 19.0 Å². The highest BCUT2D eigenvalue weighted by molar-refractivity contribution is 5.52. The third kappa shape index (κ3) is 1.22. The Hall–Kier alpha value is -1.25. The molecule has 0 bridgehead atoms. The topological polar surface area (TPSA) is 34.1 Å². The Bertz CT molecular complexity index is 286. The molecule has 0 spiro atoms. The monoisotopic (exact) mass is 164 g/mol. The molecule has 0 aliphatic carbocycles. The van der Waals surface area contributed by atoms with E-state index in [0.717, 1.165) is 18.7 Å². The highest BCUT2D eigenvalue weighted by Gasteiger charge is 2.09. The number of aryl methyl sites for hydroxylation is 1. The fraction of sp³-hybridized carbons (Fsp3) is 0.444. The molecule has 0 atom stereocenters. The number of methoxy groups -OCH3 is 1. The molecule has 0 saturated heterocycles. The predicted octanol–water partition coefficient (Wildman–Crippen LogP) is 1.45. The molecule has 1 aliphatic rings. The molecule has 1 aliphatic heterocycles. The van der Waals surface area contributed by atoms with Crippen LogP contribution < -0.4 is 10.1 Å². The quantitative estimate of drug-likeness (QED) is 0.682. The van der Waals surface area contributed by atoms with Gasteiger partial charge in [-0.15, -0.1) is 0 Å². The molecular weight excluding hydrogens is 152 g/mol. The van der Waals surface area contributed by atoms with Crippen molar-refractivity contribution in [1.82, 2.24) is 4.98 Å². The number of hydrogen-bond donors (Lipinski definition) is 1. The second-order valence-electron chi connectivity index (χ2n) is 2.91. The summed E-state index contributed by atoms with van der Waals surface area (Å²) < 4.78 is 5.04. The summed E-state index contributed by atoms with van der Waals surface area (Å²) in [6, 6.07) is 2.00. The summed E-state index contributed by atoms with van der Waals surface area (Å²) in [7, 11) is 1.64. The number of anilines is 1. The van der Waals surface area contributed by atoms with Crippen LogP contribution in [0, 0.1) is 0 Å². The Kier molecular flexibility index (Phi) is 1.86. The Balaban J connectivity index is 2.36. The lowest BCUT2D eigenvalue weighted by molar-refractivity contribution is 0.397. The largest absolute Gasteiger partial charge is 0.481 e. The van der Waals surface area contributed by atoms with Crippen molar-refractivity contribution < 1.29 is 4.74 Å². The molecule has 3 nitrogen and oxygen atoms in total. The highest BCUT2D eigenvalue weighted by atomic mass is 16.5. The van der Waals surface area contributed by atoms with Crippen molar-refractivity contribution in [3.05, 3.63) is 17.8 Å². The molecule has 0 saturated carbocycles. The summed E-state index contributed by atoms with van der Waals surface area (Å²) in [4.78, 5) is 4.13. The smallest absolute Gasteiger partial charge is 0.213 e. The molecule has 0 aromatic carbocycles. The van der Waals surface area contributed by atoms with Crippen LogP contribution in [-0.2, 0) is 6.42 Å². The number of nitrogens with zero attached hydrogens (tertiary/aromatic N) is 1. The SMILES string of the molecule is COc1cc2c(cn1)NCCC2. The van der Waals surface area contributed by atoms with Crippen LogP contribution in [0.15, 0.2) is 12.3 Å². The maximum absolute atomic E-state index is 5.04.